The van der Waals surface area contributed by atoms with Crippen LogP contribution in [0.3, 0.4) is 0 Å². The molecule has 0 unspecified atom stereocenters. The van der Waals surface area contributed by atoms with Gasteiger partial charge >= 0.3 is 5.97 Å². The summed E-state index contributed by atoms with van der Waals surface area (Å²) in [5.74, 6) is 4.18. The number of nitrogens with one attached hydrogen (secondary N) is 1. The molecule has 0 radical (unpaired) electrons. The van der Waals surface area contributed by atoms with Gasteiger partial charge in [0.25, 0.3) is 0 Å². The maximum Gasteiger partial charge on any atom is 0.350 e. The lowest BCUT2D eigenvalue weighted by Gasteiger charge is -1.97. The molecule has 0 aromatic rings. The minimum atomic E-state index is -0.673. The second kappa shape index (κ2) is 5.26. The average molecular weight is 155 g/mol. The number of hydrazine groups is 1. The van der Waals surface area contributed by atoms with Crippen LogP contribution in [0.4, 0.5) is 0 Å². The third kappa shape index (κ3) is 3.23. The quantitative estimate of drug-likeness (QED) is 0.187. The highest BCUT2D eigenvalue weighted by Crippen LogP contribution is 1.93. The fourth-order valence-corrected chi connectivity index (χ4v) is 0.429. The lowest BCUT2D eigenvalue weighted by Crippen LogP contribution is -2.17. The Bertz CT molecular complexity index is 204. The van der Waals surface area contributed by atoms with Crippen molar-refractivity contribution in [3.8, 4) is 6.07 Å². The topological polar surface area (TPSA) is 88.1 Å². The van der Waals surface area contributed by atoms with Crippen LogP contribution in [-0.4, -0.2) is 12.6 Å². The van der Waals surface area contributed by atoms with E-state index < -0.39 is 5.97 Å². The summed E-state index contributed by atoms with van der Waals surface area (Å²) in [7, 11) is 0. The van der Waals surface area contributed by atoms with Gasteiger partial charge in [-0.2, -0.15) is 5.26 Å². The van der Waals surface area contributed by atoms with Crippen molar-refractivity contribution >= 4 is 5.97 Å². The number of nitrogens with two attached hydrogens (primary N) is 1. The van der Waals surface area contributed by atoms with Crippen LogP contribution in [0, 0.1) is 11.3 Å². The van der Waals surface area contributed by atoms with Crippen LogP contribution in [0.1, 0.15) is 6.92 Å². The Balaban J connectivity index is 4.18. The number of carbonyl (C=O) groups excluding carboxylic acids is 1. The molecule has 0 heterocycles. The predicted molar refractivity (Wildman–Crippen MR) is 37.7 cm³/mol. The lowest BCUT2D eigenvalue weighted by atomic mass is 10.3. The van der Waals surface area contributed by atoms with Crippen LogP contribution < -0.4 is 11.3 Å². The molecular weight excluding hydrogens is 146 g/mol. The van der Waals surface area contributed by atoms with E-state index >= 15 is 0 Å². The van der Waals surface area contributed by atoms with Crippen LogP contribution in [-0.2, 0) is 9.53 Å². The Hall–Kier alpha value is -1.54. The highest BCUT2D eigenvalue weighted by atomic mass is 16.5. The number of nitriles is 1. The summed E-state index contributed by atoms with van der Waals surface area (Å²) in [5, 5.41) is 8.34. The van der Waals surface area contributed by atoms with Crippen molar-refractivity contribution in [1.82, 2.24) is 5.43 Å². The molecule has 0 aliphatic carbocycles. The number of rotatable bonds is 3. The third-order valence-corrected chi connectivity index (χ3v) is 0.843. The van der Waals surface area contributed by atoms with Gasteiger partial charge in [0.15, 0.2) is 5.57 Å². The van der Waals surface area contributed by atoms with E-state index in [0.717, 1.165) is 6.20 Å². The van der Waals surface area contributed by atoms with E-state index in [0.29, 0.717) is 0 Å². The molecule has 0 spiro atoms. The monoisotopic (exact) mass is 155 g/mol. The first kappa shape index (κ1) is 9.46. The molecule has 0 aliphatic rings. The van der Waals surface area contributed by atoms with Crippen LogP contribution in [0.5, 0.6) is 0 Å². The zero-order chi connectivity index (χ0) is 8.69. The van der Waals surface area contributed by atoms with E-state index in [9.17, 15) is 4.79 Å². The van der Waals surface area contributed by atoms with Gasteiger partial charge in [-0.25, -0.2) is 4.79 Å². The molecular formula is C6H9N3O2. The van der Waals surface area contributed by atoms with Crippen LogP contribution in [0.25, 0.3) is 0 Å². The highest BCUT2D eigenvalue weighted by Gasteiger charge is 2.07. The molecule has 0 aliphatic heterocycles. The highest BCUT2D eigenvalue weighted by molar-refractivity contribution is 5.92. The molecule has 0 aromatic heterocycles. The van der Waals surface area contributed by atoms with Gasteiger partial charge in [0, 0.05) is 6.20 Å². The van der Waals surface area contributed by atoms with E-state index in [4.69, 9.17) is 11.1 Å². The maximum atomic E-state index is 10.8. The smallest absolute Gasteiger partial charge is 0.350 e. The number of hydrogen-bond donors (Lipinski definition) is 2. The van der Waals surface area contributed by atoms with Gasteiger partial charge in [-0.05, 0) is 6.92 Å². The summed E-state index contributed by atoms with van der Waals surface area (Å²) in [6.45, 7) is 1.89. The van der Waals surface area contributed by atoms with Crippen molar-refractivity contribution < 1.29 is 9.53 Å². The van der Waals surface area contributed by atoms with E-state index in [-0.39, 0.29) is 12.2 Å². The first-order chi connectivity index (χ1) is 5.26. The number of carbonyl (C=O) groups is 1. The second-order valence-corrected chi connectivity index (χ2v) is 1.56. The molecule has 60 valence electrons. The summed E-state index contributed by atoms with van der Waals surface area (Å²) < 4.78 is 4.52. The molecule has 0 fully saturated rings. The maximum absolute atomic E-state index is 10.8. The van der Waals surface area contributed by atoms with E-state index in [1.165, 1.54) is 0 Å². The lowest BCUT2D eigenvalue weighted by molar-refractivity contribution is -0.138. The molecule has 0 rings (SSSR count). The molecule has 5 nitrogen and oxygen atoms in total. The molecule has 3 N–H and O–H groups in total. The van der Waals surface area contributed by atoms with Crippen molar-refractivity contribution in [3.63, 3.8) is 0 Å². The summed E-state index contributed by atoms with van der Waals surface area (Å²) in [6.07, 6.45) is 1.08. The van der Waals surface area contributed by atoms with Gasteiger partial charge in [-0.1, -0.05) is 0 Å². The van der Waals surface area contributed by atoms with Crippen molar-refractivity contribution in [3.05, 3.63) is 11.8 Å². The summed E-state index contributed by atoms with van der Waals surface area (Å²) >= 11 is 0. The predicted octanol–water partition coefficient (Wildman–Crippen LogP) is -0.580. The van der Waals surface area contributed by atoms with Crippen LogP contribution in [0.2, 0.25) is 0 Å². The van der Waals surface area contributed by atoms with Gasteiger partial charge in [-0.3, -0.25) is 5.84 Å². The first-order valence-electron chi connectivity index (χ1n) is 2.99. The van der Waals surface area contributed by atoms with Crippen LogP contribution in [0.15, 0.2) is 11.8 Å². The molecule has 0 aromatic carbocycles. The molecule has 0 bridgehead atoms. The standard InChI is InChI=1S/C6H9N3O2/c1-2-11-6(10)5(3-7)4-9-8/h4,9H,2,8H2,1H3. The molecule has 0 amide bonds. The van der Waals surface area contributed by atoms with E-state index in [1.54, 1.807) is 13.0 Å². The molecule has 5 heteroatoms. The number of esters is 1. The summed E-state index contributed by atoms with van der Waals surface area (Å²) in [6, 6.07) is 1.63. The van der Waals surface area contributed by atoms with Crippen molar-refractivity contribution in [2.24, 2.45) is 5.84 Å². The van der Waals surface area contributed by atoms with E-state index in [1.807, 2.05) is 0 Å². The second-order valence-electron chi connectivity index (χ2n) is 1.56. The minimum absolute atomic E-state index is 0.144. The molecule has 11 heavy (non-hydrogen) atoms. The zero-order valence-electron chi connectivity index (χ0n) is 6.13. The number of nitrogens with zero attached hydrogens (tertiary/aromatic N) is 1. The van der Waals surface area contributed by atoms with Gasteiger partial charge in [-0.15, -0.1) is 0 Å². The molecule has 0 saturated carbocycles. The van der Waals surface area contributed by atoms with Gasteiger partial charge < -0.3 is 10.2 Å². The summed E-state index contributed by atoms with van der Waals surface area (Å²) in [4.78, 5) is 10.8. The van der Waals surface area contributed by atoms with Crippen molar-refractivity contribution in [2.75, 3.05) is 6.61 Å². The Morgan fingerprint density at radius 3 is 2.91 bits per heavy atom. The zero-order valence-corrected chi connectivity index (χ0v) is 6.13. The van der Waals surface area contributed by atoms with Gasteiger partial charge in [0.1, 0.15) is 6.07 Å². The largest absolute Gasteiger partial charge is 0.462 e. The fourth-order valence-electron chi connectivity index (χ4n) is 0.429. The average Bonchev–Trinajstić information content (AvgIpc) is 2.00. The van der Waals surface area contributed by atoms with Gasteiger partial charge in [0.2, 0.25) is 0 Å². The number of hydrogen-bond acceptors (Lipinski definition) is 5. The fraction of sp³-hybridized carbons (Fsp3) is 0.333. The summed E-state index contributed by atoms with van der Waals surface area (Å²) in [5.41, 5.74) is 1.93. The van der Waals surface area contributed by atoms with E-state index in [2.05, 4.69) is 10.2 Å². The number of ether oxygens (including phenoxy) is 1. The normalized spacial score (nSPS) is 10.1. The van der Waals surface area contributed by atoms with Crippen molar-refractivity contribution in [2.45, 2.75) is 6.92 Å². The SMILES string of the molecule is CCOC(=O)C(C#N)=CNN. The molecule has 0 saturated heterocycles. The Morgan fingerprint density at radius 2 is 2.55 bits per heavy atom. The third-order valence-electron chi connectivity index (χ3n) is 0.843. The Kier molecular flexibility index (Phi) is 4.52. The first-order valence-corrected chi connectivity index (χ1v) is 2.99. The van der Waals surface area contributed by atoms with Crippen molar-refractivity contribution in [1.29, 1.82) is 5.26 Å². The van der Waals surface area contributed by atoms with Crippen LogP contribution >= 0.6 is 0 Å². The Morgan fingerprint density at radius 1 is 1.91 bits per heavy atom. The minimum Gasteiger partial charge on any atom is -0.462 e. The molecule has 0 atom stereocenters. The Labute approximate surface area is 64.4 Å². The van der Waals surface area contributed by atoms with Gasteiger partial charge in [0.05, 0.1) is 6.61 Å².